The van der Waals surface area contributed by atoms with E-state index in [0.29, 0.717) is 15.7 Å². The van der Waals surface area contributed by atoms with Crippen LogP contribution in [0.2, 0.25) is 10.0 Å². The van der Waals surface area contributed by atoms with Crippen LogP contribution in [0.25, 0.3) is 0 Å². The van der Waals surface area contributed by atoms with Crippen LogP contribution in [-0.4, -0.2) is 23.7 Å². The van der Waals surface area contributed by atoms with E-state index in [9.17, 15) is 9.59 Å². The fourth-order valence-corrected chi connectivity index (χ4v) is 1.49. The van der Waals surface area contributed by atoms with Crippen LogP contribution in [0.15, 0.2) is 12.1 Å². The van der Waals surface area contributed by atoms with Crippen molar-refractivity contribution in [2.24, 2.45) is 0 Å². The summed E-state index contributed by atoms with van der Waals surface area (Å²) in [6, 6.07) is 2.45. The van der Waals surface area contributed by atoms with E-state index in [1.54, 1.807) is 13.0 Å². The van der Waals surface area contributed by atoms with Crippen molar-refractivity contribution in [2.45, 2.75) is 6.92 Å². The van der Waals surface area contributed by atoms with E-state index in [-0.39, 0.29) is 0 Å². The zero-order valence-electron chi connectivity index (χ0n) is 8.88. The van der Waals surface area contributed by atoms with Crippen LogP contribution < -0.4 is 10.6 Å². The number of carbonyl (C=O) groups is 2. The molecule has 92 valence electrons. The van der Waals surface area contributed by atoms with Gasteiger partial charge in [-0.2, -0.15) is 0 Å². The molecule has 0 spiro atoms. The molecule has 0 fully saturated rings. The number of halogens is 2. The highest BCUT2D eigenvalue weighted by molar-refractivity contribution is 6.36. The Labute approximate surface area is 108 Å². The van der Waals surface area contributed by atoms with Gasteiger partial charge in [0.25, 0.3) is 0 Å². The summed E-state index contributed by atoms with van der Waals surface area (Å²) in [5.41, 5.74) is 1.11. The van der Waals surface area contributed by atoms with Crippen LogP contribution in [-0.2, 0) is 4.79 Å². The van der Waals surface area contributed by atoms with Crippen molar-refractivity contribution in [1.82, 2.24) is 5.32 Å². The Kier molecular flexibility index (Phi) is 4.60. The number of carboxylic acid groups (broad SMARTS) is 1. The van der Waals surface area contributed by atoms with Gasteiger partial charge in [0.1, 0.15) is 6.54 Å². The number of amides is 2. The number of hydrogen-bond donors (Lipinski definition) is 3. The molecule has 0 bridgehead atoms. The predicted molar refractivity (Wildman–Crippen MR) is 65.9 cm³/mol. The second kappa shape index (κ2) is 5.75. The summed E-state index contributed by atoms with van der Waals surface area (Å²) in [6.07, 6.45) is 0. The highest BCUT2D eigenvalue weighted by atomic mass is 35.5. The van der Waals surface area contributed by atoms with E-state index < -0.39 is 18.5 Å². The van der Waals surface area contributed by atoms with Crippen molar-refractivity contribution < 1.29 is 14.7 Å². The third-order valence-electron chi connectivity index (χ3n) is 1.90. The van der Waals surface area contributed by atoms with Crippen LogP contribution in [0.4, 0.5) is 10.5 Å². The lowest BCUT2D eigenvalue weighted by Gasteiger charge is -2.09. The van der Waals surface area contributed by atoms with E-state index in [1.807, 2.05) is 0 Å². The van der Waals surface area contributed by atoms with Gasteiger partial charge < -0.3 is 15.7 Å². The molecular formula is C10H10Cl2N2O3. The maximum absolute atomic E-state index is 11.3. The quantitative estimate of drug-likeness (QED) is 0.794. The van der Waals surface area contributed by atoms with Crippen molar-refractivity contribution in [2.75, 3.05) is 11.9 Å². The topological polar surface area (TPSA) is 78.4 Å². The first-order valence-corrected chi connectivity index (χ1v) is 5.38. The van der Waals surface area contributed by atoms with Crippen molar-refractivity contribution in [1.29, 1.82) is 0 Å². The number of aliphatic carboxylic acids is 1. The molecule has 0 aromatic heterocycles. The zero-order valence-corrected chi connectivity index (χ0v) is 10.4. The average Bonchev–Trinajstić information content (AvgIpc) is 2.23. The number of aryl methyl sites for hydroxylation is 1. The number of benzene rings is 1. The molecule has 0 saturated carbocycles. The molecule has 0 aliphatic carbocycles. The molecule has 0 unspecified atom stereocenters. The largest absolute Gasteiger partial charge is 0.480 e. The van der Waals surface area contributed by atoms with Gasteiger partial charge in [-0.15, -0.1) is 0 Å². The fraction of sp³-hybridized carbons (Fsp3) is 0.200. The van der Waals surface area contributed by atoms with Crippen molar-refractivity contribution in [3.05, 3.63) is 27.7 Å². The lowest BCUT2D eigenvalue weighted by molar-refractivity contribution is -0.135. The van der Waals surface area contributed by atoms with Gasteiger partial charge >= 0.3 is 12.0 Å². The third-order valence-corrected chi connectivity index (χ3v) is 2.62. The molecule has 0 aliphatic heterocycles. The molecule has 1 aromatic carbocycles. The van der Waals surface area contributed by atoms with E-state index in [2.05, 4.69) is 10.6 Å². The maximum atomic E-state index is 11.3. The number of rotatable bonds is 3. The molecule has 0 radical (unpaired) electrons. The monoisotopic (exact) mass is 276 g/mol. The summed E-state index contributed by atoms with van der Waals surface area (Å²) in [7, 11) is 0. The molecule has 1 rings (SSSR count). The second-order valence-electron chi connectivity index (χ2n) is 3.28. The molecule has 0 heterocycles. The molecule has 7 heteroatoms. The Bertz CT molecular complexity index is 463. The Morgan fingerprint density at radius 1 is 1.29 bits per heavy atom. The fourth-order valence-electron chi connectivity index (χ4n) is 1.06. The first-order valence-electron chi connectivity index (χ1n) is 4.62. The number of carbonyl (C=O) groups excluding carboxylic acids is 1. The number of hydrogen-bond acceptors (Lipinski definition) is 2. The molecule has 17 heavy (non-hydrogen) atoms. The highest BCUT2D eigenvalue weighted by Crippen LogP contribution is 2.28. The van der Waals surface area contributed by atoms with Gasteiger partial charge in [0.05, 0.1) is 10.7 Å². The highest BCUT2D eigenvalue weighted by Gasteiger charge is 2.08. The lowest BCUT2D eigenvalue weighted by atomic mass is 10.2. The Balaban J connectivity index is 2.71. The predicted octanol–water partition coefficient (Wildman–Crippen LogP) is 2.51. The smallest absolute Gasteiger partial charge is 0.323 e. The molecule has 3 N–H and O–H groups in total. The lowest BCUT2D eigenvalue weighted by Crippen LogP contribution is -2.33. The average molecular weight is 277 g/mol. The molecule has 5 nitrogen and oxygen atoms in total. The number of urea groups is 1. The minimum absolute atomic E-state index is 0.324. The van der Waals surface area contributed by atoms with Crippen LogP contribution in [0.5, 0.6) is 0 Å². The number of nitrogens with one attached hydrogen (secondary N) is 2. The van der Waals surface area contributed by atoms with E-state index >= 15 is 0 Å². The standard InChI is InChI=1S/C10H10Cl2N2O3/c1-5-2-7(12)8(3-6(5)11)14-10(17)13-4-9(15)16/h2-3H,4H2,1H3,(H,15,16)(H2,13,14,17). The third kappa shape index (κ3) is 4.13. The van der Waals surface area contributed by atoms with Crippen LogP contribution >= 0.6 is 23.2 Å². The minimum atomic E-state index is -1.13. The van der Waals surface area contributed by atoms with Crippen LogP contribution in [0.1, 0.15) is 5.56 Å². The van der Waals surface area contributed by atoms with Crippen molar-refractivity contribution in [3.8, 4) is 0 Å². The zero-order chi connectivity index (χ0) is 13.0. The maximum Gasteiger partial charge on any atom is 0.323 e. The normalized spacial score (nSPS) is 9.82. The first-order chi connectivity index (χ1) is 7.90. The molecule has 0 saturated heterocycles. The second-order valence-corrected chi connectivity index (χ2v) is 4.10. The summed E-state index contributed by atoms with van der Waals surface area (Å²) >= 11 is 11.8. The minimum Gasteiger partial charge on any atom is -0.480 e. The summed E-state index contributed by atoms with van der Waals surface area (Å²) in [5, 5.41) is 13.7. The summed E-state index contributed by atoms with van der Waals surface area (Å²) in [4.78, 5) is 21.5. The Morgan fingerprint density at radius 3 is 2.53 bits per heavy atom. The molecule has 1 aromatic rings. The molecular weight excluding hydrogens is 267 g/mol. The summed E-state index contributed by atoms with van der Waals surface area (Å²) in [5.74, 6) is -1.13. The summed E-state index contributed by atoms with van der Waals surface area (Å²) in [6.45, 7) is 1.31. The van der Waals surface area contributed by atoms with E-state index in [1.165, 1.54) is 6.07 Å². The van der Waals surface area contributed by atoms with Gasteiger partial charge in [-0.25, -0.2) is 4.79 Å². The number of carboxylic acids is 1. The van der Waals surface area contributed by atoms with Crippen LogP contribution in [0.3, 0.4) is 0 Å². The van der Waals surface area contributed by atoms with Gasteiger partial charge in [0.2, 0.25) is 0 Å². The van der Waals surface area contributed by atoms with Gasteiger partial charge in [0, 0.05) is 5.02 Å². The van der Waals surface area contributed by atoms with Gasteiger partial charge in [0.15, 0.2) is 0 Å². The Morgan fingerprint density at radius 2 is 1.94 bits per heavy atom. The van der Waals surface area contributed by atoms with E-state index in [0.717, 1.165) is 5.56 Å². The summed E-state index contributed by atoms with van der Waals surface area (Å²) < 4.78 is 0. The molecule has 2 amide bonds. The van der Waals surface area contributed by atoms with Gasteiger partial charge in [-0.05, 0) is 24.6 Å². The number of anilines is 1. The van der Waals surface area contributed by atoms with Crippen molar-refractivity contribution in [3.63, 3.8) is 0 Å². The first kappa shape index (κ1) is 13.6. The van der Waals surface area contributed by atoms with Gasteiger partial charge in [-0.1, -0.05) is 23.2 Å². The van der Waals surface area contributed by atoms with Crippen molar-refractivity contribution >= 4 is 40.9 Å². The molecule has 0 atom stereocenters. The SMILES string of the molecule is Cc1cc(Cl)c(NC(=O)NCC(=O)O)cc1Cl. The van der Waals surface area contributed by atoms with E-state index in [4.69, 9.17) is 28.3 Å². The van der Waals surface area contributed by atoms with Gasteiger partial charge in [-0.3, -0.25) is 4.79 Å². The molecule has 0 aliphatic rings. The Hall–Kier alpha value is -1.46. The van der Waals surface area contributed by atoms with Crippen LogP contribution in [0, 0.1) is 6.92 Å².